The molecule has 126 valence electrons. The number of hydrogen-bond acceptors (Lipinski definition) is 4. The lowest BCUT2D eigenvalue weighted by Crippen LogP contribution is -2.36. The van der Waals surface area contributed by atoms with Gasteiger partial charge >= 0.3 is 0 Å². The van der Waals surface area contributed by atoms with E-state index in [9.17, 15) is 4.79 Å². The molecular weight excluding hydrogens is 328 g/mol. The molecule has 0 bridgehead atoms. The van der Waals surface area contributed by atoms with Crippen LogP contribution in [0.15, 0.2) is 52.0 Å². The van der Waals surface area contributed by atoms with Gasteiger partial charge in [-0.25, -0.2) is 0 Å². The normalized spacial score (nSPS) is 16.6. The third-order valence-electron chi connectivity index (χ3n) is 3.89. The van der Waals surface area contributed by atoms with Crippen molar-refractivity contribution in [1.29, 1.82) is 0 Å². The molecule has 2 heterocycles. The van der Waals surface area contributed by atoms with E-state index in [0.29, 0.717) is 36.9 Å². The first-order chi connectivity index (χ1) is 11.7. The molecule has 6 heteroatoms. The molecule has 3 rings (SSSR count). The summed E-state index contributed by atoms with van der Waals surface area (Å²) < 4.78 is 5.36. The molecule has 1 aromatic carbocycles. The van der Waals surface area contributed by atoms with Gasteiger partial charge in [-0.05, 0) is 29.3 Å². The Hall–Kier alpha value is -2.27. The van der Waals surface area contributed by atoms with Gasteiger partial charge in [0.15, 0.2) is 17.1 Å². The van der Waals surface area contributed by atoms with Crippen LogP contribution in [0.1, 0.15) is 31.1 Å². The maximum atomic E-state index is 12.3. The van der Waals surface area contributed by atoms with E-state index >= 15 is 0 Å². The summed E-state index contributed by atoms with van der Waals surface area (Å²) in [6, 6.07) is 13.4. The third kappa shape index (κ3) is 3.97. The molecule has 0 radical (unpaired) electrons. The number of benzene rings is 1. The van der Waals surface area contributed by atoms with Gasteiger partial charge in [-0.3, -0.25) is 4.79 Å². The molecule has 2 aromatic rings. The van der Waals surface area contributed by atoms with Crippen LogP contribution < -0.4 is 0 Å². The van der Waals surface area contributed by atoms with Crippen LogP contribution in [-0.4, -0.2) is 29.2 Å². The first kappa shape index (κ1) is 16.6. The van der Waals surface area contributed by atoms with Crippen molar-refractivity contribution in [1.82, 2.24) is 4.90 Å². The van der Waals surface area contributed by atoms with Gasteiger partial charge in [0.05, 0.1) is 6.54 Å². The van der Waals surface area contributed by atoms with E-state index in [2.05, 4.69) is 5.16 Å². The lowest BCUT2D eigenvalue weighted by molar-refractivity contribution is -0.133. The predicted octanol–water partition coefficient (Wildman–Crippen LogP) is 3.86. The molecule has 1 aromatic heterocycles. The van der Waals surface area contributed by atoms with Gasteiger partial charge in [0, 0.05) is 19.4 Å². The Labute approximate surface area is 145 Å². The SMILES string of the molecule is CCC(=O)N(Cc1ccccc1)CC1CC(c2ccc(Cl)o2)=NO1. The molecule has 1 amide bonds. The summed E-state index contributed by atoms with van der Waals surface area (Å²) in [7, 11) is 0. The van der Waals surface area contributed by atoms with E-state index < -0.39 is 0 Å². The number of carbonyl (C=O) groups excluding carboxylic acids is 1. The Kier molecular flexibility index (Phi) is 5.20. The fraction of sp³-hybridized carbons (Fsp3) is 0.333. The summed E-state index contributed by atoms with van der Waals surface area (Å²) in [5.74, 6) is 0.705. The summed E-state index contributed by atoms with van der Waals surface area (Å²) in [6.07, 6.45) is 0.871. The van der Waals surface area contributed by atoms with Crippen LogP contribution in [0.5, 0.6) is 0 Å². The van der Waals surface area contributed by atoms with Crippen molar-refractivity contribution in [2.24, 2.45) is 5.16 Å². The number of amides is 1. The van der Waals surface area contributed by atoms with Crippen LogP contribution in [0.3, 0.4) is 0 Å². The van der Waals surface area contributed by atoms with Crippen molar-refractivity contribution in [2.45, 2.75) is 32.4 Å². The average Bonchev–Trinajstić information content (AvgIpc) is 3.23. The van der Waals surface area contributed by atoms with E-state index in [1.807, 2.05) is 42.2 Å². The quantitative estimate of drug-likeness (QED) is 0.798. The second-order valence-electron chi connectivity index (χ2n) is 5.69. The Bertz CT molecular complexity index is 727. The zero-order chi connectivity index (χ0) is 16.9. The smallest absolute Gasteiger partial charge is 0.222 e. The number of halogens is 1. The molecule has 0 fully saturated rings. The van der Waals surface area contributed by atoms with E-state index in [4.69, 9.17) is 20.9 Å². The molecule has 1 atom stereocenters. The number of rotatable bonds is 6. The number of oxime groups is 1. The summed E-state index contributed by atoms with van der Waals surface area (Å²) in [6.45, 7) is 2.92. The number of hydrogen-bond donors (Lipinski definition) is 0. The lowest BCUT2D eigenvalue weighted by Gasteiger charge is -2.24. The summed E-state index contributed by atoms with van der Waals surface area (Å²) >= 11 is 5.79. The minimum Gasteiger partial charge on any atom is -0.443 e. The Morgan fingerprint density at radius 3 is 2.75 bits per heavy atom. The number of furan rings is 1. The first-order valence-electron chi connectivity index (χ1n) is 7.95. The molecule has 1 unspecified atom stereocenters. The van der Waals surface area contributed by atoms with Gasteiger partial charge in [0.1, 0.15) is 5.71 Å². The van der Waals surface area contributed by atoms with Crippen LogP contribution in [0.2, 0.25) is 5.22 Å². The van der Waals surface area contributed by atoms with Crippen LogP contribution in [0.4, 0.5) is 0 Å². The monoisotopic (exact) mass is 346 g/mol. The molecule has 0 saturated heterocycles. The van der Waals surface area contributed by atoms with Crippen molar-refractivity contribution < 1.29 is 14.0 Å². The maximum absolute atomic E-state index is 12.3. The molecule has 24 heavy (non-hydrogen) atoms. The zero-order valence-corrected chi connectivity index (χ0v) is 14.2. The van der Waals surface area contributed by atoms with Gasteiger partial charge in [-0.1, -0.05) is 42.4 Å². The molecule has 0 N–H and O–H groups in total. The molecule has 0 aliphatic carbocycles. The molecule has 0 saturated carbocycles. The van der Waals surface area contributed by atoms with Crippen molar-refractivity contribution >= 4 is 23.2 Å². The standard InChI is InChI=1S/C18H19ClN2O3/c1-2-18(22)21(11-13-6-4-3-5-7-13)12-14-10-15(20-24-14)16-8-9-17(19)23-16/h3-9,14H,2,10-12H2,1H3. The number of nitrogens with zero attached hydrogens (tertiary/aromatic N) is 2. The highest BCUT2D eigenvalue weighted by molar-refractivity contribution is 6.29. The van der Waals surface area contributed by atoms with Crippen LogP contribution in [0, 0.1) is 0 Å². The highest BCUT2D eigenvalue weighted by Crippen LogP contribution is 2.22. The Morgan fingerprint density at radius 1 is 1.29 bits per heavy atom. The van der Waals surface area contributed by atoms with Gasteiger partial charge in [0.2, 0.25) is 5.91 Å². The first-order valence-corrected chi connectivity index (χ1v) is 8.33. The van der Waals surface area contributed by atoms with Crippen molar-refractivity contribution in [3.63, 3.8) is 0 Å². The molecule has 1 aliphatic rings. The fourth-order valence-corrected chi connectivity index (χ4v) is 2.82. The van der Waals surface area contributed by atoms with Crippen molar-refractivity contribution in [2.75, 3.05) is 6.54 Å². The van der Waals surface area contributed by atoms with Gasteiger partial charge in [-0.2, -0.15) is 0 Å². The summed E-state index contributed by atoms with van der Waals surface area (Å²) in [5.41, 5.74) is 1.81. The van der Waals surface area contributed by atoms with Crippen LogP contribution >= 0.6 is 11.6 Å². The number of carbonyl (C=O) groups is 1. The average molecular weight is 347 g/mol. The predicted molar refractivity (Wildman–Crippen MR) is 91.9 cm³/mol. The summed E-state index contributed by atoms with van der Waals surface area (Å²) in [4.78, 5) is 19.6. The van der Waals surface area contributed by atoms with Crippen molar-refractivity contribution in [3.05, 3.63) is 59.0 Å². The van der Waals surface area contributed by atoms with Crippen LogP contribution in [0.25, 0.3) is 0 Å². The second-order valence-corrected chi connectivity index (χ2v) is 6.06. The minimum atomic E-state index is -0.178. The largest absolute Gasteiger partial charge is 0.443 e. The molecular formula is C18H19ClN2O3. The molecule has 5 nitrogen and oxygen atoms in total. The fourth-order valence-electron chi connectivity index (χ4n) is 2.67. The zero-order valence-electron chi connectivity index (χ0n) is 13.4. The van der Waals surface area contributed by atoms with Gasteiger partial charge < -0.3 is 14.2 Å². The minimum absolute atomic E-state index is 0.0944. The van der Waals surface area contributed by atoms with E-state index in [-0.39, 0.29) is 12.0 Å². The molecule has 0 spiro atoms. The van der Waals surface area contributed by atoms with E-state index in [0.717, 1.165) is 11.3 Å². The third-order valence-corrected chi connectivity index (χ3v) is 4.09. The van der Waals surface area contributed by atoms with E-state index in [1.165, 1.54) is 0 Å². The lowest BCUT2D eigenvalue weighted by atomic mass is 10.1. The highest BCUT2D eigenvalue weighted by Gasteiger charge is 2.27. The second kappa shape index (κ2) is 7.53. The van der Waals surface area contributed by atoms with Gasteiger partial charge in [-0.15, -0.1) is 0 Å². The van der Waals surface area contributed by atoms with Crippen LogP contribution in [-0.2, 0) is 16.2 Å². The van der Waals surface area contributed by atoms with Crippen molar-refractivity contribution in [3.8, 4) is 0 Å². The topological polar surface area (TPSA) is 55.0 Å². The highest BCUT2D eigenvalue weighted by atomic mass is 35.5. The Morgan fingerprint density at radius 2 is 2.08 bits per heavy atom. The maximum Gasteiger partial charge on any atom is 0.222 e. The summed E-state index contributed by atoms with van der Waals surface area (Å²) in [5, 5.41) is 4.39. The Balaban J connectivity index is 1.63. The molecule has 1 aliphatic heterocycles. The van der Waals surface area contributed by atoms with E-state index in [1.54, 1.807) is 12.1 Å². The van der Waals surface area contributed by atoms with Gasteiger partial charge in [0.25, 0.3) is 0 Å².